The molecule has 0 unspecified atom stereocenters. The number of carbonyl (C=O) groups is 2. The molecule has 0 aliphatic carbocycles. The van der Waals surface area contributed by atoms with Crippen molar-refractivity contribution in [3.8, 4) is 0 Å². The number of halogens is 4. The summed E-state index contributed by atoms with van der Waals surface area (Å²) >= 11 is 2.07. The van der Waals surface area contributed by atoms with Crippen LogP contribution in [0, 0.1) is 3.57 Å². The third-order valence-electron chi connectivity index (χ3n) is 1.79. The van der Waals surface area contributed by atoms with Crippen molar-refractivity contribution >= 4 is 40.1 Å². The number of benzene rings is 1. The molecule has 0 aliphatic heterocycles. The SMILES string of the molecule is O=C(CNC(=O)C(F)(F)F)Nc1ccc(I)cc1. The maximum atomic E-state index is 11.8. The molecule has 0 bridgehead atoms. The molecular weight excluding hydrogens is 364 g/mol. The highest BCUT2D eigenvalue weighted by atomic mass is 127. The van der Waals surface area contributed by atoms with E-state index in [4.69, 9.17) is 0 Å². The summed E-state index contributed by atoms with van der Waals surface area (Å²) in [5, 5.41) is 3.83. The van der Waals surface area contributed by atoms with E-state index in [9.17, 15) is 22.8 Å². The van der Waals surface area contributed by atoms with Gasteiger partial charge in [0.05, 0.1) is 6.54 Å². The predicted molar refractivity (Wildman–Crippen MR) is 66.9 cm³/mol. The average Bonchev–Trinajstić information content (AvgIpc) is 2.28. The largest absolute Gasteiger partial charge is 0.471 e. The van der Waals surface area contributed by atoms with E-state index in [0.717, 1.165) is 3.57 Å². The van der Waals surface area contributed by atoms with E-state index in [2.05, 4.69) is 27.9 Å². The monoisotopic (exact) mass is 372 g/mol. The van der Waals surface area contributed by atoms with Crippen LogP contribution in [0.2, 0.25) is 0 Å². The molecule has 2 N–H and O–H groups in total. The Bertz CT molecular complexity index is 445. The molecule has 4 nitrogen and oxygen atoms in total. The van der Waals surface area contributed by atoms with Crippen LogP contribution >= 0.6 is 22.6 Å². The van der Waals surface area contributed by atoms with Crippen LogP contribution < -0.4 is 10.6 Å². The van der Waals surface area contributed by atoms with Gasteiger partial charge in [0, 0.05) is 9.26 Å². The third-order valence-corrected chi connectivity index (χ3v) is 2.51. The van der Waals surface area contributed by atoms with Crippen molar-refractivity contribution in [1.82, 2.24) is 5.32 Å². The third kappa shape index (κ3) is 4.90. The summed E-state index contributed by atoms with van der Waals surface area (Å²) in [5.74, 6) is -2.87. The van der Waals surface area contributed by atoms with E-state index in [1.807, 2.05) is 0 Å². The highest BCUT2D eigenvalue weighted by Crippen LogP contribution is 2.14. The zero-order valence-corrected chi connectivity index (χ0v) is 11.0. The first kappa shape index (κ1) is 14.7. The van der Waals surface area contributed by atoms with Gasteiger partial charge < -0.3 is 10.6 Å². The first-order valence-corrected chi connectivity index (χ1v) is 5.77. The minimum absolute atomic E-state index is 0.446. The number of rotatable bonds is 3. The van der Waals surface area contributed by atoms with Crippen LogP contribution in [0.4, 0.5) is 18.9 Å². The summed E-state index contributed by atoms with van der Waals surface area (Å²) in [6.45, 7) is -0.732. The van der Waals surface area contributed by atoms with Crippen molar-refractivity contribution in [2.45, 2.75) is 6.18 Å². The Labute approximate surface area is 114 Å². The van der Waals surface area contributed by atoms with E-state index in [1.165, 1.54) is 5.32 Å². The molecule has 0 aliphatic rings. The van der Waals surface area contributed by atoms with E-state index >= 15 is 0 Å². The Morgan fingerprint density at radius 3 is 2.22 bits per heavy atom. The molecule has 0 atom stereocenters. The van der Waals surface area contributed by atoms with Gasteiger partial charge in [-0.2, -0.15) is 13.2 Å². The van der Waals surface area contributed by atoms with Gasteiger partial charge in [-0.3, -0.25) is 9.59 Å². The molecule has 2 amide bonds. The normalized spacial score (nSPS) is 10.9. The summed E-state index contributed by atoms with van der Waals surface area (Å²) in [6, 6.07) is 6.66. The molecule has 98 valence electrons. The van der Waals surface area contributed by atoms with Crippen LogP contribution in [0.25, 0.3) is 0 Å². The van der Waals surface area contributed by atoms with Gasteiger partial charge in [0.25, 0.3) is 0 Å². The van der Waals surface area contributed by atoms with E-state index in [0.29, 0.717) is 5.69 Å². The highest BCUT2D eigenvalue weighted by Gasteiger charge is 2.38. The molecule has 0 fully saturated rings. The van der Waals surface area contributed by atoms with Gasteiger partial charge in [0.1, 0.15) is 0 Å². The van der Waals surface area contributed by atoms with Crippen LogP contribution in [0.1, 0.15) is 0 Å². The van der Waals surface area contributed by atoms with Gasteiger partial charge in [-0.25, -0.2) is 0 Å². The molecule has 1 aromatic rings. The lowest BCUT2D eigenvalue weighted by Gasteiger charge is -2.08. The van der Waals surface area contributed by atoms with Gasteiger partial charge >= 0.3 is 12.1 Å². The fraction of sp³-hybridized carbons (Fsp3) is 0.200. The Kier molecular flexibility index (Phi) is 4.93. The number of nitrogens with one attached hydrogen (secondary N) is 2. The van der Waals surface area contributed by atoms with Gasteiger partial charge in [0.15, 0.2) is 0 Å². The number of amides is 2. The Hall–Kier alpha value is -1.32. The maximum absolute atomic E-state index is 11.8. The van der Waals surface area contributed by atoms with Gasteiger partial charge in [-0.15, -0.1) is 0 Å². The molecule has 18 heavy (non-hydrogen) atoms. The predicted octanol–water partition coefficient (Wildman–Crippen LogP) is 1.91. The smallest absolute Gasteiger partial charge is 0.339 e. The standard InChI is InChI=1S/C10H8F3IN2O2/c11-10(12,13)9(18)15-5-8(17)16-7-3-1-6(14)2-4-7/h1-4H,5H2,(H,15,18)(H,16,17). The second-order valence-electron chi connectivity index (χ2n) is 3.24. The van der Waals surface area contributed by atoms with Crippen molar-refractivity contribution < 1.29 is 22.8 Å². The molecule has 8 heteroatoms. The summed E-state index contributed by atoms with van der Waals surface area (Å²) in [6.07, 6.45) is -4.98. The van der Waals surface area contributed by atoms with Gasteiger partial charge in [0.2, 0.25) is 5.91 Å². The second-order valence-corrected chi connectivity index (χ2v) is 4.48. The molecule has 0 saturated carbocycles. The topological polar surface area (TPSA) is 58.2 Å². The molecular formula is C10H8F3IN2O2. The number of hydrogen-bond acceptors (Lipinski definition) is 2. The highest BCUT2D eigenvalue weighted by molar-refractivity contribution is 14.1. The minimum atomic E-state index is -4.98. The summed E-state index contributed by atoms with van der Waals surface area (Å²) in [4.78, 5) is 21.7. The van der Waals surface area contributed by atoms with E-state index in [-0.39, 0.29) is 0 Å². The summed E-state index contributed by atoms with van der Waals surface area (Å²) in [7, 11) is 0. The number of anilines is 1. The zero-order valence-electron chi connectivity index (χ0n) is 8.84. The number of alkyl halides is 3. The summed E-state index contributed by atoms with van der Waals surface area (Å²) in [5.41, 5.74) is 0.446. The maximum Gasteiger partial charge on any atom is 0.471 e. The Balaban J connectivity index is 2.43. The van der Waals surface area contributed by atoms with E-state index < -0.39 is 24.5 Å². The van der Waals surface area contributed by atoms with Crippen LogP contribution in [0.5, 0.6) is 0 Å². The average molecular weight is 372 g/mol. The van der Waals surface area contributed by atoms with Gasteiger partial charge in [-0.05, 0) is 46.9 Å². The van der Waals surface area contributed by atoms with Crippen molar-refractivity contribution in [1.29, 1.82) is 0 Å². The van der Waals surface area contributed by atoms with Gasteiger partial charge in [-0.1, -0.05) is 0 Å². The van der Waals surface area contributed by atoms with Crippen LogP contribution in [0.3, 0.4) is 0 Å². The van der Waals surface area contributed by atoms with Crippen LogP contribution in [0.15, 0.2) is 24.3 Å². The van der Waals surface area contributed by atoms with Crippen molar-refractivity contribution in [3.05, 3.63) is 27.8 Å². The lowest BCUT2D eigenvalue weighted by atomic mass is 10.3. The number of carbonyl (C=O) groups excluding carboxylic acids is 2. The molecule has 0 heterocycles. The van der Waals surface area contributed by atoms with Crippen LogP contribution in [-0.2, 0) is 9.59 Å². The van der Waals surface area contributed by atoms with Crippen molar-refractivity contribution in [2.24, 2.45) is 0 Å². The molecule has 0 radical (unpaired) electrons. The minimum Gasteiger partial charge on any atom is -0.339 e. The fourth-order valence-electron chi connectivity index (χ4n) is 0.999. The first-order valence-electron chi connectivity index (χ1n) is 4.69. The second kappa shape index (κ2) is 6.03. The molecule has 1 aromatic carbocycles. The first-order chi connectivity index (χ1) is 8.29. The molecule has 0 aromatic heterocycles. The van der Waals surface area contributed by atoms with Crippen molar-refractivity contribution in [3.63, 3.8) is 0 Å². The quantitative estimate of drug-likeness (QED) is 0.797. The molecule has 0 spiro atoms. The Morgan fingerprint density at radius 1 is 1.17 bits per heavy atom. The van der Waals surface area contributed by atoms with Crippen molar-refractivity contribution in [2.75, 3.05) is 11.9 Å². The molecule has 0 saturated heterocycles. The Morgan fingerprint density at radius 2 is 1.72 bits per heavy atom. The van der Waals surface area contributed by atoms with E-state index in [1.54, 1.807) is 24.3 Å². The lowest BCUT2D eigenvalue weighted by Crippen LogP contribution is -2.41. The lowest BCUT2D eigenvalue weighted by molar-refractivity contribution is -0.173. The summed E-state index contributed by atoms with van der Waals surface area (Å²) < 4.78 is 36.4. The number of hydrogen-bond donors (Lipinski definition) is 2. The van der Waals surface area contributed by atoms with Crippen LogP contribution in [-0.4, -0.2) is 24.5 Å². The molecule has 1 rings (SSSR count). The fourth-order valence-corrected chi connectivity index (χ4v) is 1.36. The zero-order chi connectivity index (χ0) is 13.8.